The Labute approximate surface area is 153 Å². The fourth-order valence-electron chi connectivity index (χ4n) is 1.90. The van der Waals surface area contributed by atoms with Gasteiger partial charge in [-0.05, 0) is 52.7 Å². The van der Waals surface area contributed by atoms with Crippen LogP contribution in [0.15, 0.2) is 40.0 Å². The summed E-state index contributed by atoms with van der Waals surface area (Å²) in [5, 5.41) is 4.05. The normalized spacial score (nSPS) is 10.7. The number of ether oxygens (including phenoxy) is 2. The Morgan fingerprint density at radius 1 is 1.50 bits per heavy atom. The third-order valence-corrected chi connectivity index (χ3v) is 3.81. The van der Waals surface area contributed by atoms with E-state index in [4.69, 9.17) is 21.1 Å². The van der Waals surface area contributed by atoms with Crippen LogP contribution in [-0.2, 0) is 0 Å². The molecule has 1 N–H and O–H groups in total. The van der Waals surface area contributed by atoms with E-state index in [1.165, 1.54) is 12.4 Å². The van der Waals surface area contributed by atoms with Crippen LogP contribution in [0.4, 0.5) is 0 Å². The lowest BCUT2D eigenvalue weighted by Crippen LogP contribution is -2.18. The standard InChI is InChI=1S/C16H15BrClN3O3/c1-3-24-13-8-10(7-12(17)14(13)23-2)9-20-21-16(22)11-5-4-6-19-15(11)18/h4-9H,3H2,1-2H3,(H,21,22). The molecule has 2 rings (SSSR count). The van der Waals surface area contributed by atoms with Gasteiger partial charge in [0.15, 0.2) is 11.5 Å². The lowest BCUT2D eigenvalue weighted by atomic mass is 10.2. The summed E-state index contributed by atoms with van der Waals surface area (Å²) >= 11 is 9.28. The second-order valence-electron chi connectivity index (χ2n) is 4.51. The highest BCUT2D eigenvalue weighted by Gasteiger charge is 2.11. The molecule has 1 aromatic heterocycles. The Balaban J connectivity index is 2.14. The van der Waals surface area contributed by atoms with Crippen molar-refractivity contribution in [1.29, 1.82) is 0 Å². The molecule has 1 aromatic carbocycles. The van der Waals surface area contributed by atoms with Crippen LogP contribution in [0.5, 0.6) is 11.5 Å². The molecule has 0 spiro atoms. The highest BCUT2D eigenvalue weighted by Crippen LogP contribution is 2.36. The molecule has 0 aliphatic carbocycles. The zero-order valence-corrected chi connectivity index (χ0v) is 15.4. The van der Waals surface area contributed by atoms with Crippen LogP contribution in [0.1, 0.15) is 22.8 Å². The molecule has 0 bridgehead atoms. The molecule has 0 radical (unpaired) electrons. The molecule has 6 nitrogen and oxygen atoms in total. The number of halogens is 2. The van der Waals surface area contributed by atoms with Gasteiger partial charge >= 0.3 is 0 Å². The van der Waals surface area contributed by atoms with Gasteiger partial charge in [0, 0.05) is 6.20 Å². The molecular formula is C16H15BrClN3O3. The molecule has 0 saturated carbocycles. The highest BCUT2D eigenvalue weighted by molar-refractivity contribution is 9.10. The summed E-state index contributed by atoms with van der Waals surface area (Å²) in [5.41, 5.74) is 3.38. The van der Waals surface area contributed by atoms with Crippen molar-refractivity contribution in [2.24, 2.45) is 5.10 Å². The Kier molecular flexibility index (Phi) is 6.57. The van der Waals surface area contributed by atoms with Crippen molar-refractivity contribution >= 4 is 39.7 Å². The van der Waals surface area contributed by atoms with E-state index in [0.717, 1.165) is 10.0 Å². The smallest absolute Gasteiger partial charge is 0.274 e. The monoisotopic (exact) mass is 411 g/mol. The lowest BCUT2D eigenvalue weighted by molar-refractivity contribution is 0.0955. The van der Waals surface area contributed by atoms with Crippen molar-refractivity contribution in [3.8, 4) is 11.5 Å². The second-order valence-corrected chi connectivity index (χ2v) is 5.72. The number of hydrogen-bond donors (Lipinski definition) is 1. The molecule has 8 heteroatoms. The van der Waals surface area contributed by atoms with Crippen molar-refractivity contribution in [3.05, 3.63) is 51.2 Å². The Bertz CT molecular complexity index is 768. The fraction of sp³-hybridized carbons (Fsp3) is 0.188. The van der Waals surface area contributed by atoms with Crippen LogP contribution in [-0.4, -0.2) is 30.8 Å². The number of aromatic nitrogens is 1. The summed E-state index contributed by atoms with van der Waals surface area (Å²) in [7, 11) is 1.56. The average Bonchev–Trinajstić information content (AvgIpc) is 2.55. The lowest BCUT2D eigenvalue weighted by Gasteiger charge is -2.11. The van der Waals surface area contributed by atoms with Crippen molar-refractivity contribution in [3.63, 3.8) is 0 Å². The number of pyridine rings is 1. The van der Waals surface area contributed by atoms with E-state index in [2.05, 4.69) is 31.4 Å². The molecule has 0 saturated heterocycles. The third-order valence-electron chi connectivity index (χ3n) is 2.92. The minimum atomic E-state index is -0.443. The van der Waals surface area contributed by atoms with Crippen LogP contribution in [0, 0.1) is 0 Å². The zero-order valence-electron chi connectivity index (χ0n) is 13.0. The van der Waals surface area contributed by atoms with Gasteiger partial charge in [-0.15, -0.1) is 0 Å². The number of carbonyl (C=O) groups excluding carboxylic acids is 1. The predicted molar refractivity (Wildman–Crippen MR) is 96.2 cm³/mol. The summed E-state index contributed by atoms with van der Waals surface area (Å²) in [6, 6.07) is 6.75. The highest BCUT2D eigenvalue weighted by atomic mass is 79.9. The van der Waals surface area contributed by atoms with Gasteiger partial charge in [0.05, 0.1) is 30.0 Å². The molecular weight excluding hydrogens is 398 g/mol. The van der Waals surface area contributed by atoms with Gasteiger partial charge in [-0.2, -0.15) is 5.10 Å². The molecule has 0 atom stereocenters. The van der Waals surface area contributed by atoms with E-state index in [9.17, 15) is 4.79 Å². The number of methoxy groups -OCH3 is 1. The van der Waals surface area contributed by atoms with Gasteiger partial charge in [0.2, 0.25) is 0 Å². The molecule has 24 heavy (non-hydrogen) atoms. The number of amides is 1. The first-order valence-corrected chi connectivity index (χ1v) is 8.18. The Morgan fingerprint density at radius 3 is 2.96 bits per heavy atom. The molecule has 0 aliphatic rings. The van der Waals surface area contributed by atoms with Gasteiger partial charge in [0.25, 0.3) is 5.91 Å². The first-order valence-electron chi connectivity index (χ1n) is 7.01. The summed E-state index contributed by atoms with van der Waals surface area (Å²) < 4.78 is 11.5. The predicted octanol–water partition coefficient (Wildman–Crippen LogP) is 3.67. The number of nitrogens with one attached hydrogen (secondary N) is 1. The van der Waals surface area contributed by atoms with E-state index in [0.29, 0.717) is 18.1 Å². The maximum atomic E-state index is 12.0. The minimum Gasteiger partial charge on any atom is -0.492 e. The van der Waals surface area contributed by atoms with Crippen molar-refractivity contribution < 1.29 is 14.3 Å². The third kappa shape index (κ3) is 4.46. The van der Waals surface area contributed by atoms with Gasteiger partial charge in [-0.1, -0.05) is 11.6 Å². The number of nitrogens with zero attached hydrogens (tertiary/aromatic N) is 2. The minimum absolute atomic E-state index is 0.121. The summed E-state index contributed by atoms with van der Waals surface area (Å²) in [4.78, 5) is 15.8. The number of carbonyl (C=O) groups is 1. The first kappa shape index (κ1) is 18.2. The Hall–Kier alpha value is -2.12. The molecule has 0 fully saturated rings. The SMILES string of the molecule is CCOc1cc(C=NNC(=O)c2cccnc2Cl)cc(Br)c1OC. The summed E-state index contributed by atoms with van der Waals surface area (Å²) in [5.74, 6) is 0.736. The van der Waals surface area contributed by atoms with E-state index in [1.807, 2.05) is 6.92 Å². The zero-order chi connectivity index (χ0) is 17.5. The van der Waals surface area contributed by atoms with Crippen LogP contribution in [0.2, 0.25) is 5.15 Å². The van der Waals surface area contributed by atoms with Gasteiger partial charge in [0.1, 0.15) is 5.15 Å². The quantitative estimate of drug-likeness (QED) is 0.446. The number of benzene rings is 1. The Morgan fingerprint density at radius 2 is 2.29 bits per heavy atom. The van der Waals surface area contributed by atoms with E-state index in [1.54, 1.807) is 31.4 Å². The number of hydrazone groups is 1. The first-order chi connectivity index (χ1) is 11.6. The fourth-order valence-corrected chi connectivity index (χ4v) is 2.73. The van der Waals surface area contributed by atoms with Crippen molar-refractivity contribution in [2.75, 3.05) is 13.7 Å². The maximum absolute atomic E-state index is 12.0. The second kappa shape index (κ2) is 8.65. The van der Waals surface area contributed by atoms with E-state index in [-0.39, 0.29) is 10.7 Å². The van der Waals surface area contributed by atoms with Crippen LogP contribution in [0.3, 0.4) is 0 Å². The van der Waals surface area contributed by atoms with Crippen LogP contribution < -0.4 is 14.9 Å². The van der Waals surface area contributed by atoms with Gasteiger partial charge < -0.3 is 9.47 Å². The largest absolute Gasteiger partial charge is 0.492 e. The molecule has 2 aromatic rings. The van der Waals surface area contributed by atoms with Gasteiger partial charge in [-0.3, -0.25) is 4.79 Å². The number of hydrogen-bond acceptors (Lipinski definition) is 5. The maximum Gasteiger partial charge on any atom is 0.274 e. The molecule has 126 valence electrons. The average molecular weight is 413 g/mol. The number of rotatable bonds is 6. The van der Waals surface area contributed by atoms with E-state index < -0.39 is 5.91 Å². The van der Waals surface area contributed by atoms with Crippen molar-refractivity contribution in [1.82, 2.24) is 10.4 Å². The van der Waals surface area contributed by atoms with Crippen LogP contribution in [0.25, 0.3) is 0 Å². The topological polar surface area (TPSA) is 72.8 Å². The van der Waals surface area contributed by atoms with E-state index >= 15 is 0 Å². The van der Waals surface area contributed by atoms with Crippen LogP contribution >= 0.6 is 27.5 Å². The molecule has 0 aliphatic heterocycles. The summed E-state index contributed by atoms with van der Waals surface area (Å²) in [6.45, 7) is 2.38. The molecule has 1 amide bonds. The summed E-state index contributed by atoms with van der Waals surface area (Å²) in [6.07, 6.45) is 3.00. The molecule has 0 unspecified atom stereocenters. The van der Waals surface area contributed by atoms with Gasteiger partial charge in [-0.25, -0.2) is 10.4 Å². The molecule has 1 heterocycles. The van der Waals surface area contributed by atoms with Crippen molar-refractivity contribution in [2.45, 2.75) is 6.92 Å².